The second-order valence-corrected chi connectivity index (χ2v) is 9.21. The van der Waals surface area contributed by atoms with Crippen molar-refractivity contribution in [2.75, 3.05) is 5.32 Å². The molecule has 3 aromatic carbocycles. The fraction of sp³-hybridized carbons (Fsp3) is 0.185. The quantitative estimate of drug-likeness (QED) is 0.262. The molecule has 0 fully saturated rings. The van der Waals surface area contributed by atoms with E-state index >= 15 is 0 Å². The number of benzene rings is 3. The molecule has 4 rings (SSSR count). The summed E-state index contributed by atoms with van der Waals surface area (Å²) in [5.74, 6) is 0.401. The number of anilines is 1. The molecule has 1 aromatic heterocycles. The molecule has 5 nitrogen and oxygen atoms in total. The summed E-state index contributed by atoms with van der Waals surface area (Å²) in [4.78, 5) is 13.0. The molecule has 0 saturated carbocycles. The average molecular weight is 558 g/mol. The van der Waals surface area contributed by atoms with Crippen LogP contribution in [-0.2, 0) is 19.3 Å². The highest BCUT2D eigenvalue weighted by molar-refractivity contribution is 9.10. The number of amides is 1. The van der Waals surface area contributed by atoms with Gasteiger partial charge in [0.05, 0.1) is 29.2 Å². The van der Waals surface area contributed by atoms with Crippen molar-refractivity contribution in [2.24, 2.45) is 0 Å². The van der Waals surface area contributed by atoms with Crippen molar-refractivity contribution in [1.29, 1.82) is 0 Å². The lowest BCUT2D eigenvalue weighted by atomic mass is 10.1. The van der Waals surface area contributed by atoms with Gasteiger partial charge in [-0.15, -0.1) is 0 Å². The van der Waals surface area contributed by atoms with E-state index in [9.17, 15) is 18.0 Å². The van der Waals surface area contributed by atoms with Crippen molar-refractivity contribution >= 4 is 27.5 Å². The van der Waals surface area contributed by atoms with E-state index in [0.29, 0.717) is 40.6 Å². The molecule has 0 atom stereocenters. The molecular weight excluding hydrogens is 535 g/mol. The van der Waals surface area contributed by atoms with Gasteiger partial charge >= 0.3 is 6.18 Å². The fourth-order valence-electron chi connectivity index (χ4n) is 3.74. The maximum Gasteiger partial charge on any atom is 0.416 e. The zero-order valence-corrected chi connectivity index (χ0v) is 21.2. The minimum atomic E-state index is -4.41. The second-order valence-electron chi connectivity index (χ2n) is 8.30. The number of hydrogen-bond acceptors (Lipinski definition) is 3. The van der Waals surface area contributed by atoms with Crippen LogP contribution in [0.5, 0.6) is 5.75 Å². The highest BCUT2D eigenvalue weighted by Crippen LogP contribution is 2.30. The van der Waals surface area contributed by atoms with Crippen LogP contribution in [0.25, 0.3) is 0 Å². The van der Waals surface area contributed by atoms with Gasteiger partial charge in [-0.3, -0.25) is 9.48 Å². The average Bonchev–Trinajstić information content (AvgIpc) is 3.10. The molecule has 4 aromatic rings. The van der Waals surface area contributed by atoms with Crippen LogP contribution in [0.1, 0.15) is 38.4 Å². The van der Waals surface area contributed by atoms with Crippen LogP contribution in [-0.4, -0.2) is 15.7 Å². The number of halogens is 4. The predicted molar refractivity (Wildman–Crippen MR) is 135 cm³/mol. The Kier molecular flexibility index (Phi) is 7.49. The van der Waals surface area contributed by atoms with Crippen molar-refractivity contribution in [2.45, 2.75) is 33.2 Å². The maximum absolute atomic E-state index is 13.1. The summed E-state index contributed by atoms with van der Waals surface area (Å²) in [6.07, 6.45) is -4.41. The Balaban J connectivity index is 1.46. The summed E-state index contributed by atoms with van der Waals surface area (Å²) in [5, 5.41) is 7.32. The molecule has 1 N–H and O–H groups in total. The van der Waals surface area contributed by atoms with Gasteiger partial charge in [0, 0.05) is 10.0 Å². The number of aromatic nitrogens is 2. The van der Waals surface area contributed by atoms with Crippen molar-refractivity contribution < 1.29 is 22.7 Å². The van der Waals surface area contributed by atoms with Gasteiger partial charge in [0.2, 0.25) is 0 Å². The number of nitrogens with zero attached hydrogens (tertiary/aromatic N) is 2. The number of carbonyl (C=O) groups is 1. The van der Waals surface area contributed by atoms with Crippen LogP contribution in [0.3, 0.4) is 0 Å². The lowest BCUT2D eigenvalue weighted by molar-refractivity contribution is -0.137. The molecule has 9 heteroatoms. The molecule has 0 unspecified atom stereocenters. The van der Waals surface area contributed by atoms with E-state index in [0.717, 1.165) is 22.2 Å². The third-order valence-electron chi connectivity index (χ3n) is 5.61. The zero-order valence-electron chi connectivity index (χ0n) is 19.6. The summed E-state index contributed by atoms with van der Waals surface area (Å²) >= 11 is 3.39. The lowest BCUT2D eigenvalue weighted by Gasteiger charge is -2.11. The van der Waals surface area contributed by atoms with Gasteiger partial charge in [-0.05, 0) is 73.5 Å². The van der Waals surface area contributed by atoms with E-state index in [1.54, 1.807) is 42.8 Å². The van der Waals surface area contributed by atoms with E-state index in [-0.39, 0.29) is 12.5 Å². The van der Waals surface area contributed by atoms with Crippen LogP contribution in [0.4, 0.5) is 18.9 Å². The van der Waals surface area contributed by atoms with Crippen LogP contribution >= 0.6 is 15.9 Å². The number of carbonyl (C=O) groups excluding carboxylic acids is 1. The third-order valence-corrected chi connectivity index (χ3v) is 6.14. The first-order valence-electron chi connectivity index (χ1n) is 11.1. The first kappa shape index (κ1) is 25.5. The largest absolute Gasteiger partial charge is 0.489 e. The third kappa shape index (κ3) is 6.15. The van der Waals surface area contributed by atoms with Gasteiger partial charge in [-0.25, -0.2) is 0 Å². The number of nitrogens with one attached hydrogen (secondary N) is 1. The Morgan fingerprint density at radius 2 is 1.69 bits per heavy atom. The molecule has 1 amide bonds. The van der Waals surface area contributed by atoms with Gasteiger partial charge in [0.25, 0.3) is 5.91 Å². The fourth-order valence-corrected chi connectivity index (χ4v) is 4.00. The predicted octanol–water partition coefficient (Wildman–Crippen LogP) is 7.16. The van der Waals surface area contributed by atoms with Crippen LogP contribution in [0.2, 0.25) is 0 Å². The molecule has 0 saturated heterocycles. The first-order valence-corrected chi connectivity index (χ1v) is 11.9. The second kappa shape index (κ2) is 10.6. The number of rotatable bonds is 7. The smallest absolute Gasteiger partial charge is 0.416 e. The van der Waals surface area contributed by atoms with Gasteiger partial charge < -0.3 is 10.1 Å². The van der Waals surface area contributed by atoms with Crippen molar-refractivity contribution in [3.63, 3.8) is 0 Å². The molecule has 186 valence electrons. The lowest BCUT2D eigenvalue weighted by Crippen LogP contribution is -2.14. The maximum atomic E-state index is 13.1. The van der Waals surface area contributed by atoms with Crippen molar-refractivity contribution in [3.8, 4) is 5.75 Å². The molecular formula is C27H23BrF3N3O2. The standard InChI is InChI=1S/C27H23BrF3N3O2/c1-17-25(18(2)34(33-17)15-19-5-4-8-22(14-19)27(29,30)31)32-26(35)21-7-3-6-20(13-21)16-36-24-11-9-23(28)10-12-24/h3-14H,15-16H2,1-2H3,(H,32,35). The summed E-state index contributed by atoms with van der Waals surface area (Å²) in [6, 6.07) is 19.7. The Bertz CT molecular complexity index is 1380. The van der Waals surface area contributed by atoms with Crippen LogP contribution in [0, 0.1) is 13.8 Å². The van der Waals surface area contributed by atoms with Gasteiger partial charge in [0.1, 0.15) is 12.4 Å². The Labute approximate surface area is 215 Å². The molecule has 0 spiro atoms. The molecule has 0 bridgehead atoms. The normalized spacial score (nSPS) is 11.4. The summed E-state index contributed by atoms with van der Waals surface area (Å²) in [6.45, 7) is 3.96. The minimum absolute atomic E-state index is 0.148. The van der Waals surface area contributed by atoms with E-state index in [4.69, 9.17) is 4.74 Å². The van der Waals surface area contributed by atoms with E-state index in [1.807, 2.05) is 30.3 Å². The minimum Gasteiger partial charge on any atom is -0.489 e. The SMILES string of the molecule is Cc1nn(Cc2cccc(C(F)(F)F)c2)c(C)c1NC(=O)c1cccc(COc2ccc(Br)cc2)c1. The Morgan fingerprint density at radius 1 is 1.00 bits per heavy atom. The van der Waals surface area contributed by atoms with Gasteiger partial charge in [-0.1, -0.05) is 40.2 Å². The molecule has 36 heavy (non-hydrogen) atoms. The van der Waals surface area contributed by atoms with E-state index < -0.39 is 11.7 Å². The van der Waals surface area contributed by atoms with Gasteiger partial charge in [-0.2, -0.15) is 18.3 Å². The monoisotopic (exact) mass is 557 g/mol. The highest BCUT2D eigenvalue weighted by atomic mass is 79.9. The number of ether oxygens (including phenoxy) is 1. The van der Waals surface area contributed by atoms with Crippen molar-refractivity contribution in [1.82, 2.24) is 9.78 Å². The zero-order chi connectivity index (χ0) is 25.9. The first-order chi connectivity index (χ1) is 17.1. The highest BCUT2D eigenvalue weighted by Gasteiger charge is 2.30. The number of hydrogen-bond donors (Lipinski definition) is 1. The number of alkyl halides is 3. The topological polar surface area (TPSA) is 56.2 Å². The Hall–Kier alpha value is -3.59. The molecule has 0 radical (unpaired) electrons. The summed E-state index contributed by atoms with van der Waals surface area (Å²) in [7, 11) is 0. The van der Waals surface area contributed by atoms with Crippen LogP contribution in [0.15, 0.2) is 77.3 Å². The molecule has 0 aliphatic carbocycles. The molecule has 1 heterocycles. The molecule has 0 aliphatic rings. The van der Waals surface area contributed by atoms with E-state index in [1.165, 1.54) is 6.07 Å². The Morgan fingerprint density at radius 3 is 2.42 bits per heavy atom. The van der Waals surface area contributed by atoms with Gasteiger partial charge in [0.15, 0.2) is 0 Å². The van der Waals surface area contributed by atoms with E-state index in [2.05, 4.69) is 26.3 Å². The molecule has 0 aliphatic heterocycles. The summed E-state index contributed by atoms with van der Waals surface area (Å²) in [5.41, 5.74) is 2.79. The van der Waals surface area contributed by atoms with Crippen LogP contribution < -0.4 is 10.1 Å². The number of aryl methyl sites for hydroxylation is 1. The van der Waals surface area contributed by atoms with Crippen molar-refractivity contribution in [3.05, 3.63) is 111 Å². The summed E-state index contributed by atoms with van der Waals surface area (Å²) < 4.78 is 47.5.